The summed E-state index contributed by atoms with van der Waals surface area (Å²) in [5.41, 5.74) is 0.952. The van der Waals surface area contributed by atoms with Crippen molar-refractivity contribution >= 4 is 32.7 Å². The van der Waals surface area contributed by atoms with Gasteiger partial charge in [-0.05, 0) is 32.0 Å². The lowest BCUT2D eigenvalue weighted by atomic mass is 10.1. The van der Waals surface area contributed by atoms with E-state index >= 15 is 0 Å². The van der Waals surface area contributed by atoms with Gasteiger partial charge in [0.1, 0.15) is 5.04 Å². The third-order valence-corrected chi connectivity index (χ3v) is 4.94. The molecule has 1 aromatic rings. The first-order valence-electron chi connectivity index (χ1n) is 6.63. The second kappa shape index (κ2) is 9.66. The van der Waals surface area contributed by atoms with E-state index in [0.29, 0.717) is 5.04 Å². The molecular weight excluding hydrogens is 360 g/mol. The Hall–Kier alpha value is -0.230. The van der Waals surface area contributed by atoms with Gasteiger partial charge in [0.15, 0.2) is 0 Å². The average molecular weight is 379 g/mol. The number of halogens is 2. The Morgan fingerprint density at radius 2 is 1.95 bits per heavy atom. The zero-order chi connectivity index (χ0) is 13.5. The standard InChI is InChI=1S/C14H19BrN2OS.ClH/c15-13-7-3-2-6-12(13)14(16-18)19-11-10-17-8-4-1-5-9-17;/h2-3,6-7,18H,1,4-5,8-11H2;1H/p-1/b16-14+;. The van der Waals surface area contributed by atoms with Crippen LogP contribution < -0.4 is 12.4 Å². The molecule has 1 aliphatic rings. The highest BCUT2D eigenvalue weighted by Crippen LogP contribution is 2.22. The van der Waals surface area contributed by atoms with E-state index in [9.17, 15) is 5.21 Å². The highest BCUT2D eigenvalue weighted by atomic mass is 79.9. The predicted octanol–water partition coefficient (Wildman–Crippen LogP) is 0.808. The molecule has 0 aromatic heterocycles. The highest BCUT2D eigenvalue weighted by molar-refractivity contribution is 9.10. The number of piperidine rings is 1. The van der Waals surface area contributed by atoms with Crippen molar-refractivity contribution in [3.8, 4) is 0 Å². The number of hydrogen-bond donors (Lipinski definition) is 1. The molecule has 0 radical (unpaired) electrons. The van der Waals surface area contributed by atoms with Crippen molar-refractivity contribution in [3.05, 3.63) is 34.3 Å². The number of rotatable bonds is 4. The molecule has 0 aliphatic carbocycles. The number of thioether (sulfide) groups is 1. The van der Waals surface area contributed by atoms with E-state index in [1.54, 1.807) is 11.8 Å². The molecule has 0 spiro atoms. The zero-order valence-corrected chi connectivity index (χ0v) is 14.4. The van der Waals surface area contributed by atoms with Crippen molar-refractivity contribution in [2.45, 2.75) is 19.3 Å². The van der Waals surface area contributed by atoms with Crippen molar-refractivity contribution in [1.82, 2.24) is 4.90 Å². The fourth-order valence-corrected chi connectivity index (χ4v) is 3.79. The van der Waals surface area contributed by atoms with E-state index in [1.165, 1.54) is 32.4 Å². The van der Waals surface area contributed by atoms with Crippen LogP contribution in [0.1, 0.15) is 24.8 Å². The van der Waals surface area contributed by atoms with Crippen LogP contribution in [-0.4, -0.2) is 40.5 Å². The van der Waals surface area contributed by atoms with Gasteiger partial charge in [-0.1, -0.05) is 45.7 Å². The Balaban J connectivity index is 0.00000200. The molecular formula is C14H19BrClN2OS-. The lowest BCUT2D eigenvalue weighted by molar-refractivity contribution is -0.00000453. The molecule has 3 nitrogen and oxygen atoms in total. The molecule has 2 rings (SSSR count). The largest absolute Gasteiger partial charge is 1.00 e. The molecule has 6 heteroatoms. The van der Waals surface area contributed by atoms with E-state index in [2.05, 4.69) is 26.0 Å². The van der Waals surface area contributed by atoms with Gasteiger partial charge in [0.05, 0.1) is 0 Å². The average Bonchev–Trinajstić information content (AvgIpc) is 2.46. The van der Waals surface area contributed by atoms with Gasteiger partial charge in [0.2, 0.25) is 0 Å². The van der Waals surface area contributed by atoms with Gasteiger partial charge >= 0.3 is 0 Å². The van der Waals surface area contributed by atoms with Crippen molar-refractivity contribution in [2.24, 2.45) is 5.16 Å². The van der Waals surface area contributed by atoms with E-state index in [0.717, 1.165) is 22.3 Å². The van der Waals surface area contributed by atoms with Gasteiger partial charge in [-0.3, -0.25) is 0 Å². The normalized spacial score (nSPS) is 16.8. The summed E-state index contributed by atoms with van der Waals surface area (Å²) in [5.74, 6) is 0.959. The first-order valence-corrected chi connectivity index (χ1v) is 8.41. The molecule has 0 saturated carbocycles. The van der Waals surface area contributed by atoms with Crippen LogP contribution in [0.4, 0.5) is 0 Å². The molecule has 1 heterocycles. The van der Waals surface area contributed by atoms with Crippen LogP contribution >= 0.6 is 27.7 Å². The predicted molar refractivity (Wildman–Crippen MR) is 85.2 cm³/mol. The fourth-order valence-electron chi connectivity index (χ4n) is 2.25. The monoisotopic (exact) mass is 377 g/mol. The van der Waals surface area contributed by atoms with E-state index in [4.69, 9.17) is 0 Å². The second-order valence-corrected chi connectivity index (χ2v) is 6.57. The number of nitrogens with zero attached hydrogens (tertiary/aromatic N) is 2. The van der Waals surface area contributed by atoms with Crippen LogP contribution in [-0.2, 0) is 0 Å². The van der Waals surface area contributed by atoms with Crippen molar-refractivity contribution in [3.63, 3.8) is 0 Å². The molecule has 1 aliphatic heterocycles. The molecule has 20 heavy (non-hydrogen) atoms. The van der Waals surface area contributed by atoms with Crippen LogP contribution in [0.3, 0.4) is 0 Å². The summed E-state index contributed by atoms with van der Waals surface area (Å²) in [5, 5.41) is 13.3. The Morgan fingerprint density at radius 1 is 1.25 bits per heavy atom. The molecule has 0 unspecified atom stereocenters. The highest BCUT2D eigenvalue weighted by Gasteiger charge is 2.12. The lowest BCUT2D eigenvalue weighted by Gasteiger charge is -2.26. The molecule has 0 amide bonds. The second-order valence-electron chi connectivity index (χ2n) is 4.64. The first kappa shape index (κ1) is 17.8. The van der Waals surface area contributed by atoms with Gasteiger partial charge < -0.3 is 22.5 Å². The molecule has 0 bridgehead atoms. The Bertz CT molecular complexity index is 439. The summed E-state index contributed by atoms with van der Waals surface area (Å²) in [6, 6.07) is 7.84. The van der Waals surface area contributed by atoms with Crippen LogP contribution in [0.25, 0.3) is 0 Å². The minimum atomic E-state index is 0. The number of oxime groups is 1. The van der Waals surface area contributed by atoms with E-state index < -0.39 is 0 Å². The smallest absolute Gasteiger partial charge is 0.144 e. The van der Waals surface area contributed by atoms with Crippen LogP contribution in [0.2, 0.25) is 0 Å². The molecule has 1 fully saturated rings. The van der Waals surface area contributed by atoms with Gasteiger partial charge in [0, 0.05) is 22.3 Å². The van der Waals surface area contributed by atoms with Crippen molar-refractivity contribution < 1.29 is 17.6 Å². The maximum absolute atomic E-state index is 9.17. The zero-order valence-electron chi connectivity index (χ0n) is 11.3. The number of likely N-dealkylation sites (tertiary alicyclic amines) is 1. The lowest BCUT2D eigenvalue weighted by Crippen LogP contribution is -3.00. The number of benzene rings is 1. The SMILES string of the molecule is O/N=C(/SCCN1CCCCC1)c1ccccc1Br.[Cl-]. The van der Waals surface area contributed by atoms with Crippen LogP contribution in [0.5, 0.6) is 0 Å². The van der Waals surface area contributed by atoms with Gasteiger partial charge in [0.25, 0.3) is 0 Å². The fraction of sp³-hybridized carbons (Fsp3) is 0.500. The summed E-state index contributed by atoms with van der Waals surface area (Å²) < 4.78 is 0.966. The summed E-state index contributed by atoms with van der Waals surface area (Å²) in [7, 11) is 0. The topological polar surface area (TPSA) is 35.8 Å². The van der Waals surface area contributed by atoms with Crippen LogP contribution in [0.15, 0.2) is 33.9 Å². The minimum Gasteiger partial charge on any atom is -1.00 e. The van der Waals surface area contributed by atoms with Crippen molar-refractivity contribution in [1.29, 1.82) is 0 Å². The Morgan fingerprint density at radius 3 is 2.60 bits per heavy atom. The van der Waals surface area contributed by atoms with Crippen molar-refractivity contribution in [2.75, 3.05) is 25.4 Å². The quantitative estimate of drug-likeness (QED) is 0.364. The minimum absolute atomic E-state index is 0. The van der Waals surface area contributed by atoms with Crippen LogP contribution in [0, 0.1) is 0 Å². The molecule has 112 valence electrons. The molecule has 1 N–H and O–H groups in total. The van der Waals surface area contributed by atoms with E-state index in [1.807, 2.05) is 24.3 Å². The van der Waals surface area contributed by atoms with E-state index in [-0.39, 0.29) is 12.4 Å². The maximum atomic E-state index is 9.17. The summed E-state index contributed by atoms with van der Waals surface area (Å²) in [6.45, 7) is 3.48. The first-order chi connectivity index (χ1) is 9.31. The van der Waals surface area contributed by atoms with Gasteiger partial charge in [-0.25, -0.2) is 0 Å². The molecule has 1 saturated heterocycles. The summed E-state index contributed by atoms with van der Waals surface area (Å²) >= 11 is 5.10. The molecule has 0 atom stereocenters. The summed E-state index contributed by atoms with van der Waals surface area (Å²) in [4.78, 5) is 2.49. The Labute approximate surface area is 139 Å². The summed E-state index contributed by atoms with van der Waals surface area (Å²) in [6.07, 6.45) is 4.00. The molecule has 1 aromatic carbocycles. The van der Waals surface area contributed by atoms with Gasteiger partial charge in [-0.2, -0.15) is 0 Å². The third-order valence-electron chi connectivity index (χ3n) is 3.29. The third kappa shape index (κ3) is 5.28. The maximum Gasteiger partial charge on any atom is 0.144 e. The van der Waals surface area contributed by atoms with Gasteiger partial charge in [-0.15, -0.1) is 11.8 Å². The number of hydrogen-bond acceptors (Lipinski definition) is 4. The Kier molecular flexibility index (Phi) is 8.61.